The number of hydrogen-bond acceptors (Lipinski definition) is 2. The molecular formula is C13H17ClNO. The molecule has 1 heterocycles. The Labute approximate surface area is 102 Å². The highest BCUT2D eigenvalue weighted by atomic mass is 35.5. The van der Waals surface area contributed by atoms with Crippen LogP contribution in [0.1, 0.15) is 19.8 Å². The SMILES string of the molecule is CC(Oc1ccc(Cl)cc1)N1CC[CH]CC1. The molecule has 1 aliphatic rings. The average Bonchev–Trinajstić information content (AvgIpc) is 2.33. The first-order chi connectivity index (χ1) is 7.75. The Morgan fingerprint density at radius 2 is 1.81 bits per heavy atom. The number of likely N-dealkylation sites (tertiary alicyclic amines) is 1. The second-order valence-corrected chi connectivity index (χ2v) is 4.51. The van der Waals surface area contributed by atoms with E-state index in [0.29, 0.717) is 0 Å². The van der Waals surface area contributed by atoms with Crippen molar-refractivity contribution >= 4 is 11.6 Å². The van der Waals surface area contributed by atoms with Gasteiger partial charge in [-0.1, -0.05) is 11.6 Å². The van der Waals surface area contributed by atoms with Gasteiger partial charge < -0.3 is 4.74 Å². The van der Waals surface area contributed by atoms with Gasteiger partial charge in [-0.15, -0.1) is 0 Å². The number of piperidine rings is 1. The molecule has 1 saturated heterocycles. The van der Waals surface area contributed by atoms with Crippen LogP contribution in [0.3, 0.4) is 0 Å². The maximum atomic E-state index is 5.86. The van der Waals surface area contributed by atoms with Crippen LogP contribution in [-0.2, 0) is 0 Å². The average molecular weight is 239 g/mol. The number of ether oxygens (including phenoxy) is 1. The number of rotatable bonds is 3. The summed E-state index contributed by atoms with van der Waals surface area (Å²) >= 11 is 5.83. The van der Waals surface area contributed by atoms with Gasteiger partial charge in [0.2, 0.25) is 0 Å². The summed E-state index contributed by atoms with van der Waals surface area (Å²) < 4.78 is 5.86. The van der Waals surface area contributed by atoms with Crippen molar-refractivity contribution in [3.63, 3.8) is 0 Å². The van der Waals surface area contributed by atoms with Crippen molar-refractivity contribution in [2.75, 3.05) is 13.1 Å². The Hall–Kier alpha value is -0.730. The molecule has 3 heteroatoms. The van der Waals surface area contributed by atoms with Gasteiger partial charge in [-0.3, -0.25) is 4.90 Å². The molecule has 0 spiro atoms. The molecule has 1 fully saturated rings. The van der Waals surface area contributed by atoms with E-state index in [-0.39, 0.29) is 6.23 Å². The fourth-order valence-corrected chi connectivity index (χ4v) is 2.04. The highest BCUT2D eigenvalue weighted by molar-refractivity contribution is 6.30. The fraction of sp³-hybridized carbons (Fsp3) is 0.462. The first kappa shape index (κ1) is 11.7. The van der Waals surface area contributed by atoms with Crippen molar-refractivity contribution in [3.8, 4) is 5.75 Å². The van der Waals surface area contributed by atoms with Gasteiger partial charge in [-0.2, -0.15) is 0 Å². The van der Waals surface area contributed by atoms with Crippen LogP contribution < -0.4 is 4.74 Å². The molecule has 1 atom stereocenters. The Morgan fingerprint density at radius 1 is 1.19 bits per heavy atom. The first-order valence-corrected chi connectivity index (χ1v) is 6.11. The summed E-state index contributed by atoms with van der Waals surface area (Å²) in [5.74, 6) is 0.881. The molecule has 87 valence electrons. The molecule has 16 heavy (non-hydrogen) atoms. The minimum absolute atomic E-state index is 0.134. The minimum Gasteiger partial charge on any atom is -0.475 e. The van der Waals surface area contributed by atoms with Crippen LogP contribution in [0, 0.1) is 6.42 Å². The van der Waals surface area contributed by atoms with E-state index in [9.17, 15) is 0 Å². The highest BCUT2D eigenvalue weighted by Crippen LogP contribution is 2.19. The van der Waals surface area contributed by atoms with E-state index < -0.39 is 0 Å². The van der Waals surface area contributed by atoms with Crippen molar-refractivity contribution in [2.24, 2.45) is 0 Å². The number of hydrogen-bond donors (Lipinski definition) is 0. The minimum atomic E-state index is 0.134. The zero-order chi connectivity index (χ0) is 11.4. The van der Waals surface area contributed by atoms with Crippen molar-refractivity contribution in [1.29, 1.82) is 0 Å². The van der Waals surface area contributed by atoms with E-state index in [1.54, 1.807) is 0 Å². The third kappa shape index (κ3) is 3.13. The smallest absolute Gasteiger partial charge is 0.149 e. The zero-order valence-corrected chi connectivity index (χ0v) is 10.3. The standard InChI is InChI=1S/C13H17ClNO/c1-11(15-9-3-2-4-10-15)16-13-7-5-12(14)6-8-13/h2,5-8,11H,3-4,9-10H2,1H3. The third-order valence-electron chi connectivity index (χ3n) is 2.88. The van der Waals surface area contributed by atoms with Crippen LogP contribution in [0.25, 0.3) is 0 Å². The van der Waals surface area contributed by atoms with Crippen LogP contribution in [0.2, 0.25) is 5.02 Å². The second-order valence-electron chi connectivity index (χ2n) is 4.07. The molecule has 1 aliphatic heterocycles. The Morgan fingerprint density at radius 3 is 2.44 bits per heavy atom. The van der Waals surface area contributed by atoms with Crippen molar-refractivity contribution < 1.29 is 4.74 Å². The van der Waals surface area contributed by atoms with Crippen LogP contribution in [0.5, 0.6) is 5.75 Å². The van der Waals surface area contributed by atoms with Crippen molar-refractivity contribution in [1.82, 2.24) is 4.90 Å². The molecular weight excluding hydrogens is 222 g/mol. The zero-order valence-electron chi connectivity index (χ0n) is 9.53. The molecule has 0 saturated carbocycles. The van der Waals surface area contributed by atoms with Gasteiger partial charge in [0.1, 0.15) is 12.0 Å². The van der Waals surface area contributed by atoms with Crippen LogP contribution >= 0.6 is 11.6 Å². The molecule has 0 aliphatic carbocycles. The molecule has 0 amide bonds. The largest absolute Gasteiger partial charge is 0.475 e. The molecule has 1 aromatic rings. The van der Waals surface area contributed by atoms with Crippen LogP contribution in [0.15, 0.2) is 24.3 Å². The Balaban J connectivity index is 1.90. The Bertz CT molecular complexity index is 319. The van der Waals surface area contributed by atoms with Crippen molar-refractivity contribution in [2.45, 2.75) is 26.0 Å². The van der Waals surface area contributed by atoms with Crippen molar-refractivity contribution in [3.05, 3.63) is 35.7 Å². The maximum Gasteiger partial charge on any atom is 0.149 e. The highest BCUT2D eigenvalue weighted by Gasteiger charge is 2.17. The van der Waals surface area contributed by atoms with E-state index in [0.717, 1.165) is 36.7 Å². The molecule has 1 unspecified atom stereocenters. The fourth-order valence-electron chi connectivity index (χ4n) is 1.92. The molecule has 1 aromatic carbocycles. The molecule has 2 nitrogen and oxygen atoms in total. The molecule has 2 rings (SSSR count). The Kier molecular flexibility index (Phi) is 4.08. The summed E-state index contributed by atoms with van der Waals surface area (Å²) in [4.78, 5) is 2.36. The summed E-state index contributed by atoms with van der Waals surface area (Å²) in [6.07, 6.45) is 4.80. The van der Waals surface area contributed by atoms with Gasteiger partial charge in [0, 0.05) is 18.1 Å². The molecule has 1 radical (unpaired) electrons. The normalized spacial score (nSPS) is 19.4. The molecule has 0 N–H and O–H groups in total. The second kappa shape index (κ2) is 5.55. The lowest BCUT2D eigenvalue weighted by molar-refractivity contribution is 0.0333. The predicted molar refractivity (Wildman–Crippen MR) is 66.6 cm³/mol. The van der Waals surface area contributed by atoms with E-state index in [1.165, 1.54) is 0 Å². The van der Waals surface area contributed by atoms with Crippen LogP contribution in [-0.4, -0.2) is 24.2 Å². The van der Waals surface area contributed by atoms with E-state index >= 15 is 0 Å². The summed E-state index contributed by atoms with van der Waals surface area (Å²) in [5, 5.41) is 0.743. The lowest BCUT2D eigenvalue weighted by Crippen LogP contribution is -2.40. The number of halogens is 1. The lowest BCUT2D eigenvalue weighted by atomic mass is 10.1. The number of benzene rings is 1. The van der Waals surface area contributed by atoms with E-state index in [1.807, 2.05) is 24.3 Å². The summed E-state index contributed by atoms with van der Waals surface area (Å²) in [7, 11) is 0. The summed E-state index contributed by atoms with van der Waals surface area (Å²) in [6.45, 7) is 4.28. The monoisotopic (exact) mass is 238 g/mol. The molecule has 0 aromatic heterocycles. The molecule has 0 bridgehead atoms. The van der Waals surface area contributed by atoms with Gasteiger partial charge in [-0.25, -0.2) is 0 Å². The topological polar surface area (TPSA) is 12.5 Å². The van der Waals surface area contributed by atoms with Crippen LogP contribution in [0.4, 0.5) is 0 Å². The lowest BCUT2D eigenvalue weighted by Gasteiger charge is -2.32. The summed E-state index contributed by atoms with van der Waals surface area (Å²) in [5.41, 5.74) is 0. The van der Waals surface area contributed by atoms with E-state index in [2.05, 4.69) is 18.2 Å². The van der Waals surface area contributed by atoms with Gasteiger partial charge in [-0.05, 0) is 50.5 Å². The van der Waals surface area contributed by atoms with Gasteiger partial charge >= 0.3 is 0 Å². The van der Waals surface area contributed by atoms with Gasteiger partial charge in [0.05, 0.1) is 0 Å². The van der Waals surface area contributed by atoms with Gasteiger partial charge in [0.25, 0.3) is 0 Å². The quantitative estimate of drug-likeness (QED) is 0.801. The predicted octanol–water partition coefficient (Wildman–Crippen LogP) is 3.36. The third-order valence-corrected chi connectivity index (χ3v) is 3.13. The first-order valence-electron chi connectivity index (χ1n) is 5.73. The number of nitrogens with zero attached hydrogens (tertiary/aromatic N) is 1. The van der Waals surface area contributed by atoms with Gasteiger partial charge in [0.15, 0.2) is 0 Å². The summed E-state index contributed by atoms with van der Waals surface area (Å²) in [6, 6.07) is 7.53. The maximum absolute atomic E-state index is 5.86. The van der Waals surface area contributed by atoms with E-state index in [4.69, 9.17) is 16.3 Å².